The number of sulfonamides is 1. The standard InChI is InChI=1S/C26H25BrCl2N2O6S/c1-17(32)30-15-3-2-14-26(25(33)34,37-24-13-10-21(28)16-23(24)29)31-38(35,36)22-11-6-19(7-12-22)18-4-8-20(27)9-5-18/h4-13,16,31H,2-3,14-15H2,1H3,(H,30,32)(H,33,34). The number of hydrogen-bond donors (Lipinski definition) is 3. The van der Waals surface area contributed by atoms with Crippen molar-refractivity contribution in [2.45, 2.75) is 36.8 Å². The summed E-state index contributed by atoms with van der Waals surface area (Å²) in [5.41, 5.74) is -0.732. The lowest BCUT2D eigenvalue weighted by atomic mass is 10.1. The van der Waals surface area contributed by atoms with Gasteiger partial charge in [-0.1, -0.05) is 63.4 Å². The summed E-state index contributed by atoms with van der Waals surface area (Å²) >= 11 is 15.5. The van der Waals surface area contributed by atoms with E-state index in [1.165, 1.54) is 37.3 Å². The Bertz CT molecular complexity index is 1400. The molecule has 3 aromatic rings. The van der Waals surface area contributed by atoms with E-state index in [4.69, 9.17) is 27.9 Å². The van der Waals surface area contributed by atoms with Crippen LogP contribution >= 0.6 is 39.1 Å². The second-order valence-corrected chi connectivity index (χ2v) is 11.8. The molecule has 0 aromatic heterocycles. The number of benzene rings is 3. The maximum atomic E-state index is 13.4. The molecule has 38 heavy (non-hydrogen) atoms. The van der Waals surface area contributed by atoms with Crippen LogP contribution in [0.4, 0.5) is 0 Å². The molecule has 12 heteroatoms. The Morgan fingerprint density at radius 3 is 2.13 bits per heavy atom. The molecule has 3 rings (SSSR count). The van der Waals surface area contributed by atoms with Gasteiger partial charge in [0.2, 0.25) is 15.9 Å². The summed E-state index contributed by atoms with van der Waals surface area (Å²) in [5, 5.41) is 13.1. The molecule has 1 unspecified atom stereocenters. The second kappa shape index (κ2) is 12.9. The highest BCUT2D eigenvalue weighted by atomic mass is 79.9. The molecule has 0 saturated heterocycles. The van der Waals surface area contributed by atoms with E-state index in [1.54, 1.807) is 12.1 Å². The molecule has 0 fully saturated rings. The number of carboxylic acids is 1. The van der Waals surface area contributed by atoms with Crippen molar-refractivity contribution in [3.8, 4) is 16.9 Å². The van der Waals surface area contributed by atoms with Crippen LogP contribution in [0.5, 0.6) is 5.75 Å². The number of ether oxygens (including phenoxy) is 1. The SMILES string of the molecule is CC(=O)NCCCCC(NS(=O)(=O)c1ccc(-c2ccc(Br)cc2)cc1)(Oc1ccc(Cl)cc1Cl)C(=O)O. The molecule has 0 heterocycles. The minimum atomic E-state index is -4.37. The highest BCUT2D eigenvalue weighted by molar-refractivity contribution is 9.10. The van der Waals surface area contributed by atoms with Crippen LogP contribution in [0.3, 0.4) is 0 Å². The van der Waals surface area contributed by atoms with E-state index in [1.807, 2.05) is 24.3 Å². The summed E-state index contributed by atoms with van der Waals surface area (Å²) in [4.78, 5) is 23.6. The molecule has 0 saturated carbocycles. The van der Waals surface area contributed by atoms with Gasteiger partial charge in [-0.05, 0) is 66.4 Å². The Morgan fingerprint density at radius 2 is 1.58 bits per heavy atom. The van der Waals surface area contributed by atoms with E-state index >= 15 is 0 Å². The first-order valence-electron chi connectivity index (χ1n) is 11.4. The van der Waals surface area contributed by atoms with Crippen LogP contribution in [0.1, 0.15) is 26.2 Å². The van der Waals surface area contributed by atoms with Gasteiger partial charge in [-0.3, -0.25) is 4.79 Å². The van der Waals surface area contributed by atoms with Crippen molar-refractivity contribution >= 4 is 61.0 Å². The number of aliphatic carboxylic acids is 1. The van der Waals surface area contributed by atoms with E-state index < -0.39 is 21.7 Å². The van der Waals surface area contributed by atoms with Gasteiger partial charge >= 0.3 is 5.97 Å². The van der Waals surface area contributed by atoms with Gasteiger partial charge in [-0.2, -0.15) is 4.72 Å². The van der Waals surface area contributed by atoms with Crippen molar-refractivity contribution in [1.82, 2.24) is 10.0 Å². The third kappa shape index (κ3) is 7.94. The van der Waals surface area contributed by atoms with Crippen LogP contribution in [-0.4, -0.2) is 37.7 Å². The van der Waals surface area contributed by atoms with Crippen LogP contribution in [0.15, 0.2) is 76.1 Å². The maximum Gasteiger partial charge on any atom is 0.364 e. The topological polar surface area (TPSA) is 122 Å². The lowest BCUT2D eigenvalue weighted by molar-refractivity contribution is -0.157. The number of rotatable bonds is 12. The second-order valence-electron chi connectivity index (χ2n) is 8.39. The molecule has 0 aliphatic carbocycles. The summed E-state index contributed by atoms with van der Waals surface area (Å²) in [6.07, 6.45) is 0.343. The highest BCUT2D eigenvalue weighted by Crippen LogP contribution is 2.33. The van der Waals surface area contributed by atoms with Gasteiger partial charge in [0.1, 0.15) is 5.75 Å². The Morgan fingerprint density at radius 1 is 0.974 bits per heavy atom. The Labute approximate surface area is 239 Å². The molecular formula is C26H25BrCl2N2O6S. The number of unbranched alkanes of at least 4 members (excludes halogenated alkanes) is 1. The summed E-state index contributed by atoms with van der Waals surface area (Å²) in [5.74, 6) is -1.85. The van der Waals surface area contributed by atoms with Gasteiger partial charge < -0.3 is 15.2 Å². The monoisotopic (exact) mass is 642 g/mol. The number of carboxylic acid groups (broad SMARTS) is 1. The van der Waals surface area contributed by atoms with Crippen molar-refractivity contribution in [2.75, 3.05) is 6.54 Å². The van der Waals surface area contributed by atoms with Crippen LogP contribution in [0.25, 0.3) is 11.1 Å². The van der Waals surface area contributed by atoms with Gasteiger partial charge in [-0.25, -0.2) is 13.2 Å². The molecular weight excluding hydrogens is 619 g/mol. The zero-order valence-electron chi connectivity index (χ0n) is 20.2. The Kier molecular flexibility index (Phi) is 10.2. The lowest BCUT2D eigenvalue weighted by Crippen LogP contribution is -2.58. The Hall–Kier alpha value is -2.63. The summed E-state index contributed by atoms with van der Waals surface area (Å²) < 4.78 is 35.7. The van der Waals surface area contributed by atoms with Crippen LogP contribution < -0.4 is 14.8 Å². The molecule has 1 atom stereocenters. The third-order valence-electron chi connectivity index (χ3n) is 5.49. The summed E-state index contributed by atoms with van der Waals surface area (Å²) in [6, 6.07) is 17.7. The van der Waals surface area contributed by atoms with Crippen molar-refractivity contribution in [3.05, 3.63) is 81.2 Å². The zero-order valence-corrected chi connectivity index (χ0v) is 24.1. The van der Waals surface area contributed by atoms with Gasteiger partial charge in [0.05, 0.1) is 9.92 Å². The first-order valence-corrected chi connectivity index (χ1v) is 14.5. The van der Waals surface area contributed by atoms with E-state index in [9.17, 15) is 23.1 Å². The minimum absolute atomic E-state index is 0.0134. The number of halogens is 3. The fourth-order valence-electron chi connectivity index (χ4n) is 3.57. The van der Waals surface area contributed by atoms with Crippen LogP contribution in [0, 0.1) is 0 Å². The van der Waals surface area contributed by atoms with Crippen molar-refractivity contribution < 1.29 is 27.9 Å². The molecule has 8 nitrogen and oxygen atoms in total. The van der Waals surface area contributed by atoms with Crippen molar-refractivity contribution in [2.24, 2.45) is 0 Å². The van der Waals surface area contributed by atoms with Gasteiger partial charge in [-0.15, -0.1) is 0 Å². The van der Waals surface area contributed by atoms with Crippen LogP contribution in [-0.2, 0) is 19.6 Å². The quantitative estimate of drug-likeness (QED) is 0.168. The average Bonchev–Trinajstić information content (AvgIpc) is 2.85. The minimum Gasteiger partial charge on any atom is -0.477 e. The molecule has 202 valence electrons. The fraction of sp³-hybridized carbons (Fsp3) is 0.231. The predicted octanol–water partition coefficient (Wildman–Crippen LogP) is 5.87. The first-order chi connectivity index (χ1) is 17.9. The molecule has 3 N–H and O–H groups in total. The summed E-state index contributed by atoms with van der Waals surface area (Å²) in [6.45, 7) is 1.65. The van der Waals surface area contributed by atoms with Crippen LogP contribution in [0.2, 0.25) is 10.0 Å². The maximum absolute atomic E-state index is 13.4. The molecule has 1 amide bonds. The summed E-state index contributed by atoms with van der Waals surface area (Å²) in [7, 11) is -4.37. The first kappa shape index (κ1) is 29.9. The third-order valence-corrected chi connectivity index (χ3v) is 8.04. The number of amides is 1. The number of hydrogen-bond acceptors (Lipinski definition) is 5. The molecule has 0 aliphatic rings. The number of carbonyl (C=O) groups excluding carboxylic acids is 1. The van der Waals surface area contributed by atoms with E-state index in [0.717, 1.165) is 15.6 Å². The molecule has 0 bridgehead atoms. The highest BCUT2D eigenvalue weighted by Gasteiger charge is 2.45. The Balaban J connectivity index is 1.91. The smallest absolute Gasteiger partial charge is 0.364 e. The molecule has 0 spiro atoms. The van der Waals surface area contributed by atoms with Gasteiger partial charge in [0.25, 0.3) is 5.72 Å². The zero-order chi connectivity index (χ0) is 27.9. The molecule has 3 aromatic carbocycles. The molecule has 0 aliphatic heterocycles. The predicted molar refractivity (Wildman–Crippen MR) is 150 cm³/mol. The van der Waals surface area contributed by atoms with Gasteiger partial charge in [0.15, 0.2) is 0 Å². The fourth-order valence-corrected chi connectivity index (χ4v) is 5.56. The normalized spacial score (nSPS) is 12.9. The number of nitrogens with one attached hydrogen (secondary N) is 2. The molecule has 0 radical (unpaired) electrons. The lowest BCUT2D eigenvalue weighted by Gasteiger charge is -2.31. The van der Waals surface area contributed by atoms with Gasteiger partial charge in [0, 0.05) is 29.4 Å². The largest absolute Gasteiger partial charge is 0.477 e. The van der Waals surface area contributed by atoms with E-state index in [-0.39, 0.29) is 41.0 Å². The van der Waals surface area contributed by atoms with E-state index in [0.29, 0.717) is 11.4 Å². The number of carbonyl (C=O) groups is 2. The van der Waals surface area contributed by atoms with Crippen molar-refractivity contribution in [3.63, 3.8) is 0 Å². The average molecular weight is 644 g/mol. The van der Waals surface area contributed by atoms with Crippen molar-refractivity contribution in [1.29, 1.82) is 0 Å². The van der Waals surface area contributed by atoms with E-state index in [2.05, 4.69) is 26.0 Å².